The van der Waals surface area contributed by atoms with Crippen LogP contribution in [0.1, 0.15) is 29.3 Å². The highest BCUT2D eigenvalue weighted by Gasteiger charge is 2.42. The summed E-state index contributed by atoms with van der Waals surface area (Å²) in [5.41, 5.74) is 1.01. The van der Waals surface area contributed by atoms with Crippen molar-refractivity contribution in [3.63, 3.8) is 0 Å². The minimum Gasteiger partial charge on any atom is -0.497 e. The van der Waals surface area contributed by atoms with E-state index >= 15 is 0 Å². The normalized spacial score (nSPS) is 18.4. The van der Waals surface area contributed by atoms with E-state index in [9.17, 15) is 9.90 Å². The molecule has 1 N–H and O–H groups in total. The van der Waals surface area contributed by atoms with Crippen LogP contribution in [-0.2, 0) is 15.1 Å². The Morgan fingerprint density at radius 2 is 1.53 bits per heavy atom. The molecule has 11 heteroatoms. The monoisotopic (exact) mass is 581 g/mol. The van der Waals surface area contributed by atoms with Crippen LogP contribution in [0.15, 0.2) is 109 Å². The van der Waals surface area contributed by atoms with Crippen LogP contribution in [0.5, 0.6) is 11.5 Å². The number of methoxy groups -OCH3 is 2. The van der Waals surface area contributed by atoms with Gasteiger partial charge in [0.15, 0.2) is 5.82 Å². The van der Waals surface area contributed by atoms with Crippen molar-refractivity contribution in [2.45, 2.75) is 30.5 Å². The fourth-order valence-electron chi connectivity index (χ4n) is 5.39. The quantitative estimate of drug-likeness (QED) is 0.247. The molecule has 0 unspecified atom stereocenters. The summed E-state index contributed by atoms with van der Waals surface area (Å²) in [6, 6.07) is 26.9. The predicted molar refractivity (Wildman–Crippen MR) is 156 cm³/mol. The maximum absolute atomic E-state index is 12.9. The molecule has 2 aromatic heterocycles. The van der Waals surface area contributed by atoms with Crippen molar-refractivity contribution >= 4 is 0 Å². The summed E-state index contributed by atoms with van der Waals surface area (Å²) < 4.78 is 26.7. The predicted octanol–water partition coefficient (Wildman–Crippen LogP) is 3.50. The number of aromatic nitrogens is 5. The van der Waals surface area contributed by atoms with Crippen molar-refractivity contribution < 1.29 is 24.1 Å². The molecule has 43 heavy (non-hydrogen) atoms. The van der Waals surface area contributed by atoms with Crippen molar-refractivity contribution in [1.29, 1.82) is 0 Å². The Balaban J connectivity index is 1.33. The fourth-order valence-corrected chi connectivity index (χ4v) is 5.39. The third-order valence-corrected chi connectivity index (χ3v) is 7.62. The van der Waals surface area contributed by atoms with E-state index in [2.05, 4.69) is 15.1 Å². The molecule has 0 saturated carbocycles. The molecule has 0 spiro atoms. The van der Waals surface area contributed by atoms with E-state index in [-0.39, 0.29) is 13.0 Å². The summed E-state index contributed by atoms with van der Waals surface area (Å²) in [4.78, 5) is 20.9. The molecular formula is C32H31N5O6. The number of ether oxygens (including phenoxy) is 4. The Hall–Kier alpha value is -4.84. The van der Waals surface area contributed by atoms with Gasteiger partial charge in [0.05, 0.1) is 26.9 Å². The zero-order valence-corrected chi connectivity index (χ0v) is 23.7. The van der Waals surface area contributed by atoms with Gasteiger partial charge in [0.1, 0.15) is 42.1 Å². The highest BCUT2D eigenvalue weighted by molar-refractivity contribution is 5.49. The van der Waals surface area contributed by atoms with Gasteiger partial charge in [-0.3, -0.25) is 4.57 Å². The molecule has 11 nitrogen and oxygen atoms in total. The van der Waals surface area contributed by atoms with Gasteiger partial charge >= 0.3 is 5.69 Å². The molecular weight excluding hydrogens is 550 g/mol. The van der Waals surface area contributed by atoms with Gasteiger partial charge in [-0.25, -0.2) is 14.5 Å². The average molecular weight is 582 g/mol. The van der Waals surface area contributed by atoms with Crippen molar-refractivity contribution in [2.24, 2.45) is 0 Å². The zero-order valence-electron chi connectivity index (χ0n) is 23.7. The number of aliphatic hydroxyl groups excluding tert-OH is 1. The van der Waals surface area contributed by atoms with Crippen molar-refractivity contribution in [3.8, 4) is 17.3 Å². The van der Waals surface area contributed by atoms with E-state index in [1.807, 2.05) is 78.9 Å². The van der Waals surface area contributed by atoms with Crippen LogP contribution in [0.25, 0.3) is 5.82 Å². The molecule has 6 rings (SSSR count). The number of hydrogen-bond donors (Lipinski definition) is 1. The van der Waals surface area contributed by atoms with E-state index < -0.39 is 29.7 Å². The summed E-state index contributed by atoms with van der Waals surface area (Å²) >= 11 is 0. The average Bonchev–Trinajstić information content (AvgIpc) is 3.73. The first kappa shape index (κ1) is 28.3. The van der Waals surface area contributed by atoms with Gasteiger partial charge in [-0.2, -0.15) is 10.1 Å². The second kappa shape index (κ2) is 12.2. The van der Waals surface area contributed by atoms with Gasteiger partial charge in [0.2, 0.25) is 0 Å². The number of rotatable bonds is 10. The Bertz CT molecular complexity index is 1640. The first-order valence-electron chi connectivity index (χ1n) is 13.8. The summed E-state index contributed by atoms with van der Waals surface area (Å²) in [5.74, 6) is 1.77. The van der Waals surface area contributed by atoms with Crippen LogP contribution >= 0.6 is 0 Å². The van der Waals surface area contributed by atoms with Gasteiger partial charge in [-0.1, -0.05) is 54.6 Å². The Morgan fingerprint density at radius 1 is 0.907 bits per heavy atom. The third kappa shape index (κ3) is 5.53. The molecule has 3 atom stereocenters. The summed E-state index contributed by atoms with van der Waals surface area (Å²) in [5, 5.41) is 15.1. The number of aliphatic hydroxyl groups is 1. The maximum Gasteiger partial charge on any atom is 0.351 e. The largest absolute Gasteiger partial charge is 0.497 e. The molecule has 0 bridgehead atoms. The lowest BCUT2D eigenvalue weighted by Crippen LogP contribution is -2.38. The second-order valence-corrected chi connectivity index (χ2v) is 10.1. The first-order valence-corrected chi connectivity index (χ1v) is 13.8. The molecule has 0 radical (unpaired) electrons. The topological polar surface area (TPSA) is 123 Å². The summed E-state index contributed by atoms with van der Waals surface area (Å²) in [7, 11) is 3.25. The molecule has 3 heterocycles. The van der Waals surface area contributed by atoms with Crippen LogP contribution in [0.3, 0.4) is 0 Å². The summed E-state index contributed by atoms with van der Waals surface area (Å²) in [6.45, 7) is 0.0316. The lowest BCUT2D eigenvalue weighted by atomic mass is 9.80. The van der Waals surface area contributed by atoms with E-state index in [1.54, 1.807) is 26.5 Å². The van der Waals surface area contributed by atoms with Gasteiger partial charge in [0.25, 0.3) is 0 Å². The number of nitrogens with zero attached hydrogens (tertiary/aromatic N) is 5. The first-order chi connectivity index (χ1) is 21.0. The van der Waals surface area contributed by atoms with E-state index in [1.165, 1.54) is 21.9 Å². The molecule has 0 aliphatic carbocycles. The number of hydrogen-bond acceptors (Lipinski definition) is 9. The molecule has 3 aromatic carbocycles. The maximum atomic E-state index is 12.9. The SMILES string of the molecule is COc1ccc(C(OC[C@H]2O[C@@H](n3ccc(-n4cncn4)nc3=O)C[C@@H]2O)(c2ccccc2)c2ccc(OC)cc2)cc1. The smallest absolute Gasteiger partial charge is 0.351 e. The lowest BCUT2D eigenvalue weighted by Gasteiger charge is -2.37. The van der Waals surface area contributed by atoms with Crippen LogP contribution in [0.4, 0.5) is 0 Å². The molecule has 1 fully saturated rings. The highest BCUT2D eigenvalue weighted by atomic mass is 16.6. The second-order valence-electron chi connectivity index (χ2n) is 10.1. The van der Waals surface area contributed by atoms with E-state index in [0.29, 0.717) is 17.3 Å². The van der Waals surface area contributed by atoms with Crippen LogP contribution in [0, 0.1) is 0 Å². The molecule has 1 aliphatic rings. The van der Waals surface area contributed by atoms with E-state index in [4.69, 9.17) is 18.9 Å². The Morgan fingerprint density at radius 3 is 2.09 bits per heavy atom. The number of benzene rings is 3. The van der Waals surface area contributed by atoms with Gasteiger partial charge in [-0.15, -0.1) is 0 Å². The van der Waals surface area contributed by atoms with Crippen LogP contribution in [0.2, 0.25) is 0 Å². The lowest BCUT2D eigenvalue weighted by molar-refractivity contribution is -0.0944. The third-order valence-electron chi connectivity index (χ3n) is 7.62. The molecule has 1 saturated heterocycles. The highest BCUT2D eigenvalue weighted by Crippen LogP contribution is 2.42. The molecule has 220 valence electrons. The molecule has 0 amide bonds. The summed E-state index contributed by atoms with van der Waals surface area (Å²) in [6.07, 6.45) is 2.28. The van der Waals surface area contributed by atoms with Crippen molar-refractivity contribution in [3.05, 3.63) is 131 Å². The Labute approximate surface area is 247 Å². The molecule has 1 aliphatic heterocycles. The van der Waals surface area contributed by atoms with Gasteiger partial charge < -0.3 is 24.1 Å². The standard InChI is InChI=1S/C32H31N5O6/c1-40-25-12-8-23(9-13-25)32(22-6-4-3-5-7-22,24-10-14-26(41-2)15-11-24)42-19-28-27(38)18-30(43-28)36-17-16-29(35-31(36)39)37-21-33-20-34-37/h3-17,20-21,27-28,30,38H,18-19H2,1-2H3/t27-,28+,30+/m0/s1. The molecule has 5 aromatic rings. The fraction of sp³-hybridized carbons (Fsp3) is 0.250. The van der Waals surface area contributed by atoms with E-state index in [0.717, 1.165) is 16.7 Å². The zero-order chi connectivity index (χ0) is 29.8. The van der Waals surface area contributed by atoms with Crippen molar-refractivity contribution in [1.82, 2.24) is 24.3 Å². The van der Waals surface area contributed by atoms with Gasteiger partial charge in [0, 0.05) is 12.6 Å². The van der Waals surface area contributed by atoms with Crippen LogP contribution in [-0.4, -0.2) is 62.5 Å². The van der Waals surface area contributed by atoms with Gasteiger partial charge in [-0.05, 0) is 47.0 Å². The van der Waals surface area contributed by atoms with Crippen molar-refractivity contribution in [2.75, 3.05) is 20.8 Å². The minimum absolute atomic E-state index is 0.0316. The minimum atomic E-state index is -1.07. The van der Waals surface area contributed by atoms with Crippen LogP contribution < -0.4 is 15.2 Å². The Kier molecular flexibility index (Phi) is 8.01.